The van der Waals surface area contributed by atoms with Crippen molar-refractivity contribution < 1.29 is 19.1 Å². The number of hydrogen-bond donors (Lipinski definition) is 2. The van der Waals surface area contributed by atoms with Gasteiger partial charge in [-0.3, -0.25) is 4.79 Å². The number of benzene rings is 1. The van der Waals surface area contributed by atoms with Gasteiger partial charge in [0.2, 0.25) is 0 Å². The summed E-state index contributed by atoms with van der Waals surface area (Å²) in [4.78, 5) is 27.8. The summed E-state index contributed by atoms with van der Waals surface area (Å²) in [6.45, 7) is 4.71. The highest BCUT2D eigenvalue weighted by molar-refractivity contribution is 6.00. The zero-order valence-corrected chi connectivity index (χ0v) is 15.8. The van der Waals surface area contributed by atoms with E-state index < -0.39 is 5.97 Å². The number of carbonyl (C=O) groups is 2. The van der Waals surface area contributed by atoms with Crippen LogP contribution in [0.15, 0.2) is 24.3 Å². The van der Waals surface area contributed by atoms with Crippen molar-refractivity contribution in [1.82, 2.24) is 10.3 Å². The maximum Gasteiger partial charge on any atom is 0.339 e. The fraction of sp³-hybridized carbons (Fsp3) is 0.400. The summed E-state index contributed by atoms with van der Waals surface area (Å²) in [5.74, 6) is -0.655. The second kappa shape index (κ2) is 9.20. The molecular formula is C20H26N2O4. The van der Waals surface area contributed by atoms with Crippen LogP contribution in [0.2, 0.25) is 0 Å². The third kappa shape index (κ3) is 4.52. The number of methoxy groups -OCH3 is 2. The second-order valence-electron chi connectivity index (χ2n) is 6.16. The van der Waals surface area contributed by atoms with Gasteiger partial charge in [0, 0.05) is 19.3 Å². The van der Waals surface area contributed by atoms with Gasteiger partial charge < -0.3 is 19.8 Å². The van der Waals surface area contributed by atoms with Crippen LogP contribution in [0.1, 0.15) is 56.6 Å². The van der Waals surface area contributed by atoms with Crippen molar-refractivity contribution in [2.75, 3.05) is 14.2 Å². The van der Waals surface area contributed by atoms with E-state index in [0.29, 0.717) is 42.1 Å². The van der Waals surface area contributed by atoms with Gasteiger partial charge in [0.05, 0.1) is 19.3 Å². The van der Waals surface area contributed by atoms with Crippen LogP contribution in [-0.2, 0) is 29.0 Å². The van der Waals surface area contributed by atoms with Crippen LogP contribution in [0.25, 0.3) is 0 Å². The van der Waals surface area contributed by atoms with Gasteiger partial charge in [0.15, 0.2) is 0 Å². The third-order valence-electron chi connectivity index (χ3n) is 4.16. The highest BCUT2D eigenvalue weighted by atomic mass is 16.5. The zero-order valence-electron chi connectivity index (χ0n) is 15.8. The van der Waals surface area contributed by atoms with Crippen molar-refractivity contribution in [1.29, 1.82) is 0 Å². The molecule has 0 saturated heterocycles. The minimum Gasteiger partial charge on any atom is -0.465 e. The number of aromatic nitrogens is 1. The molecule has 1 aromatic heterocycles. The van der Waals surface area contributed by atoms with Crippen LogP contribution in [0.4, 0.5) is 0 Å². The van der Waals surface area contributed by atoms with E-state index in [1.54, 1.807) is 14.0 Å². The van der Waals surface area contributed by atoms with E-state index in [9.17, 15) is 9.59 Å². The third-order valence-corrected chi connectivity index (χ3v) is 4.16. The van der Waals surface area contributed by atoms with Gasteiger partial charge >= 0.3 is 5.97 Å². The molecule has 6 nitrogen and oxygen atoms in total. The molecule has 0 atom stereocenters. The number of H-pyrrole nitrogens is 1. The van der Waals surface area contributed by atoms with Gasteiger partial charge in [-0.2, -0.15) is 0 Å². The standard InChI is InChI=1S/C20H26N2O4/c1-5-7-16-17(20(24)26-4)13(2)22-18(16)19(23)21-11-14-8-6-9-15(10-14)12-25-3/h6,8-10,22H,5,7,11-12H2,1-4H3,(H,21,23). The molecule has 0 radical (unpaired) electrons. The molecule has 2 rings (SSSR count). The number of carbonyl (C=O) groups excluding carboxylic acids is 2. The Labute approximate surface area is 153 Å². The molecule has 1 heterocycles. The Hall–Kier alpha value is -2.60. The summed E-state index contributed by atoms with van der Waals surface area (Å²) in [6.07, 6.45) is 1.45. The minimum atomic E-state index is -0.423. The number of ether oxygens (including phenoxy) is 2. The van der Waals surface area contributed by atoms with Gasteiger partial charge in [-0.05, 0) is 30.0 Å². The summed E-state index contributed by atoms with van der Waals surface area (Å²) in [7, 11) is 2.99. The minimum absolute atomic E-state index is 0.233. The van der Waals surface area contributed by atoms with Crippen LogP contribution in [-0.4, -0.2) is 31.1 Å². The van der Waals surface area contributed by atoms with Crippen molar-refractivity contribution in [2.24, 2.45) is 0 Å². The van der Waals surface area contributed by atoms with Crippen molar-refractivity contribution in [2.45, 2.75) is 39.8 Å². The number of hydrogen-bond acceptors (Lipinski definition) is 4. The Morgan fingerprint density at radius 2 is 1.92 bits per heavy atom. The Kier molecular flexibility index (Phi) is 6.97. The van der Waals surface area contributed by atoms with E-state index in [2.05, 4.69) is 10.3 Å². The van der Waals surface area contributed by atoms with E-state index in [4.69, 9.17) is 9.47 Å². The molecule has 0 bridgehead atoms. The largest absolute Gasteiger partial charge is 0.465 e. The Morgan fingerprint density at radius 1 is 1.19 bits per heavy atom. The number of amides is 1. The second-order valence-corrected chi connectivity index (χ2v) is 6.16. The van der Waals surface area contributed by atoms with Gasteiger partial charge in [0.25, 0.3) is 5.91 Å². The van der Waals surface area contributed by atoms with Crippen LogP contribution in [0, 0.1) is 6.92 Å². The van der Waals surface area contributed by atoms with Gasteiger partial charge in [-0.1, -0.05) is 37.6 Å². The first-order valence-corrected chi connectivity index (χ1v) is 8.66. The van der Waals surface area contributed by atoms with Crippen LogP contribution in [0.5, 0.6) is 0 Å². The van der Waals surface area contributed by atoms with E-state index in [1.807, 2.05) is 31.2 Å². The highest BCUT2D eigenvalue weighted by Gasteiger charge is 2.24. The normalized spacial score (nSPS) is 10.6. The van der Waals surface area contributed by atoms with E-state index in [0.717, 1.165) is 17.5 Å². The number of esters is 1. The average molecular weight is 358 g/mol. The summed E-state index contributed by atoms with van der Waals surface area (Å²) in [6, 6.07) is 7.86. The monoisotopic (exact) mass is 358 g/mol. The first-order chi connectivity index (χ1) is 12.5. The summed E-state index contributed by atoms with van der Waals surface area (Å²) in [5, 5.41) is 2.92. The first-order valence-electron chi connectivity index (χ1n) is 8.66. The lowest BCUT2D eigenvalue weighted by atomic mass is 10.0. The Balaban J connectivity index is 2.19. The smallest absolute Gasteiger partial charge is 0.339 e. The van der Waals surface area contributed by atoms with Crippen molar-refractivity contribution >= 4 is 11.9 Å². The maximum atomic E-state index is 12.7. The molecule has 2 N–H and O–H groups in total. The molecule has 0 fully saturated rings. The SMILES string of the molecule is CCCc1c(C(=O)NCc2cccc(COC)c2)[nH]c(C)c1C(=O)OC. The predicted molar refractivity (Wildman–Crippen MR) is 99.2 cm³/mol. The molecule has 6 heteroatoms. The molecule has 0 aliphatic heterocycles. The number of nitrogens with one attached hydrogen (secondary N) is 2. The molecule has 0 aliphatic rings. The molecule has 0 spiro atoms. The van der Waals surface area contributed by atoms with Gasteiger partial charge in [-0.15, -0.1) is 0 Å². The lowest BCUT2D eigenvalue weighted by molar-refractivity contribution is 0.0599. The molecule has 1 amide bonds. The Bertz CT molecular complexity index is 780. The summed E-state index contributed by atoms with van der Waals surface area (Å²) in [5.41, 5.74) is 4.28. The van der Waals surface area contributed by atoms with Crippen LogP contribution >= 0.6 is 0 Å². The quantitative estimate of drug-likeness (QED) is 0.711. The number of aryl methyl sites for hydroxylation is 1. The van der Waals surface area contributed by atoms with E-state index >= 15 is 0 Å². The van der Waals surface area contributed by atoms with Gasteiger partial charge in [-0.25, -0.2) is 4.79 Å². The molecule has 0 unspecified atom stereocenters. The average Bonchev–Trinajstić information content (AvgIpc) is 2.96. The maximum absolute atomic E-state index is 12.7. The predicted octanol–water partition coefficient (Wildman–Crippen LogP) is 3.14. The van der Waals surface area contributed by atoms with E-state index in [1.165, 1.54) is 7.11 Å². The molecule has 1 aromatic carbocycles. The number of aromatic amines is 1. The molecule has 140 valence electrons. The van der Waals surface area contributed by atoms with Crippen molar-refractivity contribution in [3.05, 3.63) is 57.9 Å². The molecule has 0 saturated carbocycles. The first kappa shape index (κ1) is 19.7. The summed E-state index contributed by atoms with van der Waals surface area (Å²) < 4.78 is 9.99. The zero-order chi connectivity index (χ0) is 19.1. The topological polar surface area (TPSA) is 80.4 Å². The lowest BCUT2D eigenvalue weighted by Gasteiger charge is -2.08. The lowest BCUT2D eigenvalue weighted by Crippen LogP contribution is -2.24. The Morgan fingerprint density at radius 3 is 2.58 bits per heavy atom. The molecule has 26 heavy (non-hydrogen) atoms. The van der Waals surface area contributed by atoms with Crippen LogP contribution in [0.3, 0.4) is 0 Å². The van der Waals surface area contributed by atoms with E-state index in [-0.39, 0.29) is 5.91 Å². The van der Waals surface area contributed by atoms with Crippen molar-refractivity contribution in [3.63, 3.8) is 0 Å². The summed E-state index contributed by atoms with van der Waals surface area (Å²) >= 11 is 0. The molecule has 0 aliphatic carbocycles. The van der Waals surface area contributed by atoms with Crippen molar-refractivity contribution in [3.8, 4) is 0 Å². The fourth-order valence-corrected chi connectivity index (χ4v) is 3.02. The highest BCUT2D eigenvalue weighted by Crippen LogP contribution is 2.22. The van der Waals surface area contributed by atoms with Gasteiger partial charge in [0.1, 0.15) is 5.69 Å². The van der Waals surface area contributed by atoms with Crippen LogP contribution < -0.4 is 5.32 Å². The molecular weight excluding hydrogens is 332 g/mol. The number of rotatable bonds is 8. The fourth-order valence-electron chi connectivity index (χ4n) is 3.02. The molecule has 2 aromatic rings.